The van der Waals surface area contributed by atoms with E-state index >= 15 is 0 Å². The number of carbonyl (C=O) groups is 1. The number of allylic oxidation sites excluding steroid dienone is 1. The number of hydrazone groups is 1. The Hall–Kier alpha value is -4.25. The van der Waals surface area contributed by atoms with Crippen LogP contribution in [0.15, 0.2) is 96.6 Å². The normalized spacial score (nSPS) is 11.0. The number of rotatable bonds is 6. The highest BCUT2D eigenvalue weighted by Crippen LogP contribution is 2.25. The van der Waals surface area contributed by atoms with Crippen molar-refractivity contribution in [1.82, 2.24) is 10.4 Å². The third-order valence-corrected chi connectivity index (χ3v) is 4.94. The van der Waals surface area contributed by atoms with E-state index in [1.54, 1.807) is 24.3 Å². The Morgan fingerprint density at radius 2 is 1.81 bits per heavy atom. The van der Waals surface area contributed by atoms with Gasteiger partial charge in [-0.05, 0) is 24.6 Å². The van der Waals surface area contributed by atoms with Crippen molar-refractivity contribution in [3.63, 3.8) is 0 Å². The molecule has 0 unspecified atom stereocenters. The van der Waals surface area contributed by atoms with Crippen LogP contribution < -0.4 is 5.43 Å². The first-order valence-electron chi connectivity index (χ1n) is 9.87. The number of pyridine rings is 1. The number of fused-ring (bicyclic) bond motifs is 1. The van der Waals surface area contributed by atoms with Gasteiger partial charge in [-0.3, -0.25) is 4.79 Å². The van der Waals surface area contributed by atoms with Crippen LogP contribution in [0.1, 0.15) is 21.5 Å². The monoisotopic (exact) mass is 407 g/mol. The molecule has 2 N–H and O–H groups in total. The number of nitrogens with zero attached hydrogens (tertiary/aromatic N) is 2. The quantitative estimate of drug-likeness (QED) is 0.265. The number of benzene rings is 3. The first-order valence-corrected chi connectivity index (χ1v) is 9.87. The summed E-state index contributed by atoms with van der Waals surface area (Å²) in [5.41, 5.74) is 6.89. The van der Waals surface area contributed by atoms with Gasteiger partial charge in [-0.15, -0.1) is 6.58 Å². The van der Waals surface area contributed by atoms with Crippen molar-refractivity contribution >= 4 is 23.0 Å². The molecule has 5 nitrogen and oxygen atoms in total. The van der Waals surface area contributed by atoms with E-state index in [9.17, 15) is 9.90 Å². The maximum atomic E-state index is 13.0. The fraction of sp³-hybridized carbons (Fsp3) is 0.0385. The number of aromatic hydroxyl groups is 1. The van der Waals surface area contributed by atoms with Gasteiger partial charge < -0.3 is 5.11 Å². The molecular weight excluding hydrogens is 386 g/mol. The molecule has 0 aliphatic carbocycles. The predicted molar refractivity (Wildman–Crippen MR) is 124 cm³/mol. The number of hydrogen-bond donors (Lipinski definition) is 2. The van der Waals surface area contributed by atoms with Gasteiger partial charge in [-0.1, -0.05) is 66.7 Å². The topological polar surface area (TPSA) is 74.6 Å². The number of hydrogen-bond acceptors (Lipinski definition) is 4. The molecule has 152 valence electrons. The van der Waals surface area contributed by atoms with Crippen molar-refractivity contribution < 1.29 is 9.90 Å². The Kier molecular flexibility index (Phi) is 5.85. The molecular formula is C26H21N3O2. The predicted octanol–water partition coefficient (Wildman–Crippen LogP) is 5.10. The van der Waals surface area contributed by atoms with Gasteiger partial charge in [0.05, 0.1) is 23.0 Å². The summed E-state index contributed by atoms with van der Waals surface area (Å²) in [6.45, 7) is 3.72. The molecule has 0 aliphatic heterocycles. The van der Waals surface area contributed by atoms with Crippen LogP contribution in [0.5, 0.6) is 5.75 Å². The molecule has 4 rings (SSSR count). The van der Waals surface area contributed by atoms with Crippen LogP contribution in [0.25, 0.3) is 22.2 Å². The zero-order valence-electron chi connectivity index (χ0n) is 16.8. The molecule has 1 heterocycles. The van der Waals surface area contributed by atoms with E-state index in [1.165, 1.54) is 6.21 Å². The summed E-state index contributed by atoms with van der Waals surface area (Å²) < 4.78 is 0. The molecule has 0 atom stereocenters. The summed E-state index contributed by atoms with van der Waals surface area (Å²) in [6, 6.07) is 24.2. The summed E-state index contributed by atoms with van der Waals surface area (Å²) in [4.78, 5) is 17.7. The van der Waals surface area contributed by atoms with Gasteiger partial charge in [0.1, 0.15) is 5.75 Å². The molecule has 5 heteroatoms. The number of para-hydroxylation sites is 1. The SMILES string of the molecule is C=CCc1c(O)cccc1C=NNC(=O)c1cc(-c2ccccc2)nc2ccccc12. The van der Waals surface area contributed by atoms with Crippen molar-refractivity contribution in [2.45, 2.75) is 6.42 Å². The van der Waals surface area contributed by atoms with Crippen LogP contribution in [0, 0.1) is 0 Å². The molecule has 3 aromatic carbocycles. The highest BCUT2D eigenvalue weighted by Gasteiger charge is 2.13. The van der Waals surface area contributed by atoms with Crippen LogP contribution in [0.2, 0.25) is 0 Å². The van der Waals surface area contributed by atoms with Crippen LogP contribution in [0.3, 0.4) is 0 Å². The van der Waals surface area contributed by atoms with Crippen molar-refractivity contribution in [2.24, 2.45) is 5.10 Å². The molecule has 1 aromatic heterocycles. The Bertz CT molecular complexity index is 1280. The lowest BCUT2D eigenvalue weighted by molar-refractivity contribution is 0.0956. The van der Waals surface area contributed by atoms with Crippen molar-refractivity contribution in [3.05, 3.63) is 108 Å². The van der Waals surface area contributed by atoms with Crippen molar-refractivity contribution in [3.8, 4) is 17.0 Å². The van der Waals surface area contributed by atoms with Crippen molar-refractivity contribution in [1.29, 1.82) is 0 Å². The molecule has 0 saturated carbocycles. The highest BCUT2D eigenvalue weighted by atomic mass is 16.3. The van der Waals surface area contributed by atoms with Crippen LogP contribution in [0.4, 0.5) is 0 Å². The zero-order valence-corrected chi connectivity index (χ0v) is 16.8. The second-order valence-electron chi connectivity index (χ2n) is 6.98. The summed E-state index contributed by atoms with van der Waals surface area (Å²) in [5, 5.41) is 14.9. The minimum atomic E-state index is -0.336. The fourth-order valence-corrected chi connectivity index (χ4v) is 3.42. The van der Waals surface area contributed by atoms with E-state index in [1.807, 2.05) is 60.7 Å². The Morgan fingerprint density at radius 1 is 1.03 bits per heavy atom. The number of amides is 1. The second-order valence-corrected chi connectivity index (χ2v) is 6.98. The van der Waals surface area contributed by atoms with Crippen LogP contribution >= 0.6 is 0 Å². The molecule has 0 saturated heterocycles. The average Bonchev–Trinajstić information content (AvgIpc) is 2.81. The van der Waals surface area contributed by atoms with Gasteiger partial charge in [0.25, 0.3) is 5.91 Å². The largest absolute Gasteiger partial charge is 0.508 e. The second kappa shape index (κ2) is 9.05. The van der Waals surface area contributed by atoms with Gasteiger partial charge in [0.2, 0.25) is 0 Å². The number of nitrogens with one attached hydrogen (secondary N) is 1. The van der Waals surface area contributed by atoms with E-state index in [-0.39, 0.29) is 11.7 Å². The van der Waals surface area contributed by atoms with E-state index in [2.05, 4.69) is 17.1 Å². The lowest BCUT2D eigenvalue weighted by Gasteiger charge is -2.09. The Labute approximate surface area is 180 Å². The Morgan fingerprint density at radius 3 is 2.61 bits per heavy atom. The minimum Gasteiger partial charge on any atom is -0.508 e. The van der Waals surface area contributed by atoms with Gasteiger partial charge in [-0.2, -0.15) is 5.10 Å². The van der Waals surface area contributed by atoms with Crippen LogP contribution in [-0.2, 0) is 6.42 Å². The number of carbonyl (C=O) groups excluding carboxylic acids is 1. The van der Waals surface area contributed by atoms with E-state index in [0.717, 1.165) is 22.2 Å². The summed E-state index contributed by atoms with van der Waals surface area (Å²) in [5.74, 6) is -0.166. The van der Waals surface area contributed by atoms with Crippen molar-refractivity contribution in [2.75, 3.05) is 0 Å². The lowest BCUT2D eigenvalue weighted by Crippen LogP contribution is -2.18. The smallest absolute Gasteiger partial charge is 0.272 e. The van der Waals surface area contributed by atoms with E-state index in [4.69, 9.17) is 4.98 Å². The van der Waals surface area contributed by atoms with E-state index in [0.29, 0.717) is 23.1 Å². The maximum Gasteiger partial charge on any atom is 0.272 e. The third kappa shape index (κ3) is 4.36. The minimum absolute atomic E-state index is 0.169. The van der Waals surface area contributed by atoms with Gasteiger partial charge in [-0.25, -0.2) is 10.4 Å². The number of aromatic nitrogens is 1. The standard InChI is InChI=1S/C26H21N3O2/c1-2-9-20-19(12-8-15-25(20)30)17-27-29-26(31)22-16-24(18-10-4-3-5-11-18)28-23-14-7-6-13-21(22)23/h2-8,10-17,30H,1,9H2,(H,29,31). The van der Waals surface area contributed by atoms with E-state index < -0.39 is 0 Å². The lowest BCUT2D eigenvalue weighted by atomic mass is 10.0. The number of phenolic OH excluding ortho intramolecular Hbond substituents is 1. The van der Waals surface area contributed by atoms with Gasteiger partial charge >= 0.3 is 0 Å². The molecule has 0 radical (unpaired) electrons. The summed E-state index contributed by atoms with van der Waals surface area (Å²) in [7, 11) is 0. The summed E-state index contributed by atoms with van der Waals surface area (Å²) in [6.07, 6.45) is 3.73. The average molecular weight is 407 g/mol. The molecule has 0 fully saturated rings. The molecule has 1 amide bonds. The zero-order chi connectivity index (χ0) is 21.6. The van der Waals surface area contributed by atoms with Gasteiger partial charge in [0, 0.05) is 22.1 Å². The van der Waals surface area contributed by atoms with Gasteiger partial charge in [0.15, 0.2) is 0 Å². The molecule has 4 aromatic rings. The molecule has 31 heavy (non-hydrogen) atoms. The van der Waals surface area contributed by atoms with Crippen LogP contribution in [-0.4, -0.2) is 22.2 Å². The molecule has 0 spiro atoms. The number of phenols is 1. The maximum absolute atomic E-state index is 13.0. The third-order valence-electron chi connectivity index (χ3n) is 4.94. The first kappa shape index (κ1) is 20.0. The highest BCUT2D eigenvalue weighted by molar-refractivity contribution is 6.07. The Balaban J connectivity index is 1.66. The molecule has 0 bridgehead atoms. The fourth-order valence-electron chi connectivity index (χ4n) is 3.42. The summed E-state index contributed by atoms with van der Waals surface area (Å²) >= 11 is 0. The molecule has 0 aliphatic rings. The first-order chi connectivity index (χ1) is 15.2.